The first-order valence-electron chi connectivity index (χ1n) is 17.4. The van der Waals surface area contributed by atoms with Crippen LogP contribution in [0.2, 0.25) is 0 Å². The standard InChI is InChI=1S/C48H30N2O/c1-3-12-34(13-4-1)49-43-20-9-7-16-37(43)40-28-31(22-25-44(40)49)32-23-26-45-41(29-32)42-30-33(24-27-46(42)50(45)35-14-5-2-6-15-35)36-18-11-19-39-38-17-8-10-21-47(38)51-48(36)39/h1-30H. The van der Waals surface area contributed by atoms with E-state index in [9.17, 15) is 0 Å². The molecule has 238 valence electrons. The van der Waals surface area contributed by atoms with Gasteiger partial charge in [0.2, 0.25) is 0 Å². The molecule has 0 N–H and O–H groups in total. The summed E-state index contributed by atoms with van der Waals surface area (Å²) >= 11 is 0. The van der Waals surface area contributed by atoms with E-state index < -0.39 is 0 Å². The Morgan fingerprint density at radius 1 is 0.314 bits per heavy atom. The fourth-order valence-electron chi connectivity index (χ4n) is 8.21. The van der Waals surface area contributed by atoms with Crippen molar-refractivity contribution in [2.45, 2.75) is 0 Å². The zero-order chi connectivity index (χ0) is 33.5. The van der Waals surface area contributed by atoms with Crippen LogP contribution < -0.4 is 0 Å². The molecule has 11 rings (SSSR count). The Morgan fingerprint density at radius 2 is 0.784 bits per heavy atom. The molecule has 0 bridgehead atoms. The van der Waals surface area contributed by atoms with Crippen LogP contribution in [-0.4, -0.2) is 9.13 Å². The molecule has 3 heterocycles. The summed E-state index contributed by atoms with van der Waals surface area (Å²) in [5.74, 6) is 0. The summed E-state index contributed by atoms with van der Waals surface area (Å²) in [7, 11) is 0. The number of hydrogen-bond donors (Lipinski definition) is 0. The molecule has 0 aliphatic heterocycles. The van der Waals surface area contributed by atoms with Crippen LogP contribution in [0.1, 0.15) is 0 Å². The SMILES string of the molecule is c1ccc(-n2c3ccccc3c3cc(-c4ccc5c(c4)c4cc(-c6cccc7c6oc6ccccc67)ccc4n5-c4ccccc4)ccc32)cc1. The van der Waals surface area contributed by atoms with Crippen molar-refractivity contribution in [3.8, 4) is 33.6 Å². The van der Waals surface area contributed by atoms with Crippen LogP contribution in [0.4, 0.5) is 0 Å². The smallest absolute Gasteiger partial charge is 0.143 e. The van der Waals surface area contributed by atoms with E-state index in [0.29, 0.717) is 0 Å². The number of aromatic nitrogens is 2. The molecule has 0 saturated heterocycles. The van der Waals surface area contributed by atoms with Crippen molar-refractivity contribution in [1.29, 1.82) is 0 Å². The van der Waals surface area contributed by atoms with Gasteiger partial charge >= 0.3 is 0 Å². The van der Waals surface area contributed by atoms with Gasteiger partial charge in [-0.2, -0.15) is 0 Å². The molecule has 0 spiro atoms. The first-order chi connectivity index (χ1) is 25.3. The van der Waals surface area contributed by atoms with Crippen LogP contribution in [0.3, 0.4) is 0 Å². The van der Waals surface area contributed by atoms with Gasteiger partial charge in [0.25, 0.3) is 0 Å². The normalized spacial score (nSPS) is 11.9. The van der Waals surface area contributed by atoms with E-state index in [4.69, 9.17) is 4.42 Å². The van der Waals surface area contributed by atoms with Crippen molar-refractivity contribution >= 4 is 65.6 Å². The van der Waals surface area contributed by atoms with Gasteiger partial charge in [0.1, 0.15) is 11.2 Å². The average molecular weight is 651 g/mol. The Hall–Kier alpha value is -6.84. The summed E-state index contributed by atoms with van der Waals surface area (Å²) in [6.45, 7) is 0. The van der Waals surface area contributed by atoms with Crippen molar-refractivity contribution in [3.63, 3.8) is 0 Å². The molecule has 0 aliphatic carbocycles. The van der Waals surface area contributed by atoms with E-state index in [0.717, 1.165) is 38.8 Å². The van der Waals surface area contributed by atoms with Crippen molar-refractivity contribution in [3.05, 3.63) is 182 Å². The molecule has 0 radical (unpaired) electrons. The molecule has 3 nitrogen and oxygen atoms in total. The maximum absolute atomic E-state index is 6.48. The molecule has 11 aromatic rings. The molecule has 3 heteroatoms. The second-order valence-electron chi connectivity index (χ2n) is 13.3. The van der Waals surface area contributed by atoms with E-state index in [1.165, 1.54) is 60.4 Å². The molecular weight excluding hydrogens is 621 g/mol. The number of hydrogen-bond acceptors (Lipinski definition) is 1. The summed E-state index contributed by atoms with van der Waals surface area (Å²) in [6, 6.07) is 65.5. The van der Waals surface area contributed by atoms with E-state index in [2.05, 4.69) is 179 Å². The molecule has 0 saturated carbocycles. The highest BCUT2D eigenvalue weighted by atomic mass is 16.3. The number of furan rings is 1. The molecule has 8 aromatic carbocycles. The van der Waals surface area contributed by atoms with Crippen LogP contribution in [0.15, 0.2) is 186 Å². The monoisotopic (exact) mass is 650 g/mol. The number of rotatable bonds is 4. The van der Waals surface area contributed by atoms with E-state index in [1.54, 1.807) is 0 Å². The van der Waals surface area contributed by atoms with Crippen molar-refractivity contribution < 1.29 is 4.42 Å². The topological polar surface area (TPSA) is 23.0 Å². The van der Waals surface area contributed by atoms with Gasteiger partial charge in [0.05, 0.1) is 22.1 Å². The molecule has 0 aliphatic rings. The van der Waals surface area contributed by atoms with Gasteiger partial charge in [0.15, 0.2) is 0 Å². The molecule has 0 unspecified atom stereocenters. The zero-order valence-corrected chi connectivity index (χ0v) is 27.6. The number of nitrogens with zero attached hydrogens (tertiary/aromatic N) is 2. The molecule has 0 amide bonds. The first kappa shape index (κ1) is 28.0. The van der Waals surface area contributed by atoms with Gasteiger partial charge in [-0.05, 0) is 89.5 Å². The largest absolute Gasteiger partial charge is 0.455 e. The highest BCUT2D eigenvalue weighted by Crippen LogP contribution is 2.41. The first-order valence-corrected chi connectivity index (χ1v) is 17.4. The highest BCUT2D eigenvalue weighted by Gasteiger charge is 2.18. The Kier molecular flexibility index (Phi) is 5.96. The summed E-state index contributed by atoms with van der Waals surface area (Å²) in [5.41, 5.74) is 13.6. The van der Waals surface area contributed by atoms with Crippen LogP contribution >= 0.6 is 0 Å². The van der Waals surface area contributed by atoms with Crippen LogP contribution in [-0.2, 0) is 0 Å². The van der Waals surface area contributed by atoms with Crippen molar-refractivity contribution in [1.82, 2.24) is 9.13 Å². The molecule has 0 fully saturated rings. The van der Waals surface area contributed by atoms with Gasteiger partial charge in [-0.25, -0.2) is 0 Å². The predicted molar refractivity (Wildman–Crippen MR) is 213 cm³/mol. The molecule has 3 aromatic heterocycles. The Morgan fingerprint density at radius 3 is 1.43 bits per heavy atom. The third kappa shape index (κ3) is 4.19. The maximum Gasteiger partial charge on any atom is 0.143 e. The molecular formula is C48H30N2O. The predicted octanol–water partition coefficient (Wildman–Crippen LogP) is 13.1. The lowest BCUT2D eigenvalue weighted by Gasteiger charge is -2.09. The fourth-order valence-corrected chi connectivity index (χ4v) is 8.21. The van der Waals surface area contributed by atoms with Gasteiger partial charge in [-0.3, -0.25) is 0 Å². The Balaban J connectivity index is 1.14. The lowest BCUT2D eigenvalue weighted by molar-refractivity contribution is 0.670. The van der Waals surface area contributed by atoms with E-state index in [-0.39, 0.29) is 0 Å². The zero-order valence-electron chi connectivity index (χ0n) is 27.6. The van der Waals surface area contributed by atoms with Crippen LogP contribution in [0.25, 0.3) is 99.2 Å². The Bertz CT molecular complexity index is 3130. The molecule has 0 atom stereocenters. The van der Waals surface area contributed by atoms with Crippen molar-refractivity contribution in [2.75, 3.05) is 0 Å². The lowest BCUT2D eigenvalue weighted by Crippen LogP contribution is -1.93. The van der Waals surface area contributed by atoms with E-state index >= 15 is 0 Å². The Labute approximate surface area is 293 Å². The number of para-hydroxylation sites is 5. The van der Waals surface area contributed by atoms with Crippen LogP contribution in [0.5, 0.6) is 0 Å². The van der Waals surface area contributed by atoms with Gasteiger partial charge in [0, 0.05) is 49.3 Å². The molecule has 51 heavy (non-hydrogen) atoms. The summed E-state index contributed by atoms with van der Waals surface area (Å²) in [6.07, 6.45) is 0. The summed E-state index contributed by atoms with van der Waals surface area (Å²) in [4.78, 5) is 0. The minimum atomic E-state index is 0.912. The van der Waals surface area contributed by atoms with Gasteiger partial charge in [-0.15, -0.1) is 0 Å². The summed E-state index contributed by atoms with van der Waals surface area (Å²) in [5, 5.41) is 7.22. The maximum atomic E-state index is 6.48. The van der Waals surface area contributed by atoms with Crippen molar-refractivity contribution in [2.24, 2.45) is 0 Å². The third-order valence-electron chi connectivity index (χ3n) is 10.5. The minimum absolute atomic E-state index is 0.912. The second-order valence-corrected chi connectivity index (χ2v) is 13.3. The van der Waals surface area contributed by atoms with Crippen LogP contribution in [0, 0.1) is 0 Å². The summed E-state index contributed by atoms with van der Waals surface area (Å²) < 4.78 is 11.2. The second kappa shape index (κ2) is 10.8. The lowest BCUT2D eigenvalue weighted by atomic mass is 9.98. The number of fused-ring (bicyclic) bond motifs is 9. The van der Waals surface area contributed by atoms with E-state index in [1.807, 2.05) is 12.1 Å². The quantitative estimate of drug-likeness (QED) is 0.186. The van der Waals surface area contributed by atoms with Gasteiger partial charge in [-0.1, -0.05) is 109 Å². The van der Waals surface area contributed by atoms with Gasteiger partial charge < -0.3 is 13.6 Å². The third-order valence-corrected chi connectivity index (χ3v) is 10.5. The minimum Gasteiger partial charge on any atom is -0.455 e. The highest BCUT2D eigenvalue weighted by molar-refractivity contribution is 6.15. The number of benzene rings is 8. The fraction of sp³-hybridized carbons (Fsp3) is 0. The average Bonchev–Trinajstić information content (AvgIpc) is 3.85.